The van der Waals surface area contributed by atoms with Crippen LogP contribution in [0.3, 0.4) is 0 Å². The molecule has 5 N–H and O–H groups in total. The van der Waals surface area contributed by atoms with Crippen molar-refractivity contribution >= 4 is 22.7 Å². The minimum Gasteiger partial charge on any atom is -0.457 e. The van der Waals surface area contributed by atoms with Gasteiger partial charge in [0, 0.05) is 40.9 Å². The zero-order chi connectivity index (χ0) is 15.4. The molecule has 22 heavy (non-hydrogen) atoms. The summed E-state index contributed by atoms with van der Waals surface area (Å²) in [4.78, 5) is 0. The van der Waals surface area contributed by atoms with E-state index in [0.717, 1.165) is 11.4 Å². The minimum atomic E-state index is 0.577. The Morgan fingerprint density at radius 3 is 2.05 bits per heavy atom. The molecule has 0 aliphatic carbocycles. The summed E-state index contributed by atoms with van der Waals surface area (Å²) in [6.45, 7) is 0. The van der Waals surface area contributed by atoms with Gasteiger partial charge >= 0.3 is 0 Å². The first-order valence-corrected chi connectivity index (χ1v) is 6.95. The molecule has 0 aromatic heterocycles. The third-order valence-corrected chi connectivity index (χ3v) is 3.08. The molecule has 3 aromatic carbocycles. The molecule has 0 spiro atoms. The maximum absolute atomic E-state index is 5.82. The normalized spacial score (nSPS) is 10.2. The van der Waals surface area contributed by atoms with Gasteiger partial charge in [0.1, 0.15) is 11.5 Å². The summed E-state index contributed by atoms with van der Waals surface area (Å²) in [6, 6.07) is 22.9. The van der Waals surface area contributed by atoms with Crippen LogP contribution >= 0.6 is 0 Å². The molecule has 0 amide bonds. The predicted molar refractivity (Wildman–Crippen MR) is 91.5 cm³/mol. The quantitative estimate of drug-likeness (QED) is 0.623. The summed E-state index contributed by atoms with van der Waals surface area (Å²) in [5.41, 5.74) is 14.7. The van der Waals surface area contributed by atoms with E-state index in [0.29, 0.717) is 22.9 Å². The SMILES string of the molecule is Nc1cc(N)cc(Oc2cccc(Nc3ccccc3)c2)c1. The summed E-state index contributed by atoms with van der Waals surface area (Å²) in [6.07, 6.45) is 0. The maximum Gasteiger partial charge on any atom is 0.131 e. The van der Waals surface area contributed by atoms with Gasteiger partial charge in [0.2, 0.25) is 0 Å². The van der Waals surface area contributed by atoms with Gasteiger partial charge in [0.05, 0.1) is 0 Å². The Morgan fingerprint density at radius 2 is 1.32 bits per heavy atom. The van der Waals surface area contributed by atoms with E-state index in [1.807, 2.05) is 54.6 Å². The summed E-state index contributed by atoms with van der Waals surface area (Å²) >= 11 is 0. The van der Waals surface area contributed by atoms with Crippen LogP contribution in [0.4, 0.5) is 22.7 Å². The minimum absolute atomic E-state index is 0.577. The molecular weight excluding hydrogens is 274 g/mol. The van der Waals surface area contributed by atoms with Crippen LogP contribution in [-0.4, -0.2) is 0 Å². The van der Waals surface area contributed by atoms with E-state index >= 15 is 0 Å². The van der Waals surface area contributed by atoms with E-state index in [-0.39, 0.29) is 0 Å². The largest absolute Gasteiger partial charge is 0.457 e. The van der Waals surface area contributed by atoms with Crippen LogP contribution in [0.15, 0.2) is 72.8 Å². The van der Waals surface area contributed by atoms with Crippen molar-refractivity contribution in [1.29, 1.82) is 0 Å². The molecule has 0 aliphatic heterocycles. The molecule has 0 fully saturated rings. The maximum atomic E-state index is 5.82. The molecule has 4 nitrogen and oxygen atoms in total. The van der Waals surface area contributed by atoms with Crippen LogP contribution in [0.25, 0.3) is 0 Å². The van der Waals surface area contributed by atoms with Gasteiger partial charge in [-0.25, -0.2) is 0 Å². The molecule has 0 saturated heterocycles. The highest BCUT2D eigenvalue weighted by atomic mass is 16.5. The van der Waals surface area contributed by atoms with Crippen LogP contribution in [0.5, 0.6) is 11.5 Å². The van der Waals surface area contributed by atoms with Gasteiger partial charge in [-0.3, -0.25) is 0 Å². The van der Waals surface area contributed by atoms with Gasteiger partial charge in [-0.05, 0) is 30.3 Å². The Kier molecular flexibility index (Phi) is 3.83. The van der Waals surface area contributed by atoms with Crippen molar-refractivity contribution in [3.05, 3.63) is 72.8 Å². The summed E-state index contributed by atoms with van der Waals surface area (Å²) in [5.74, 6) is 1.33. The zero-order valence-electron chi connectivity index (χ0n) is 12.0. The predicted octanol–water partition coefficient (Wildman–Crippen LogP) is 4.39. The first-order chi connectivity index (χ1) is 10.7. The fraction of sp³-hybridized carbons (Fsp3) is 0. The van der Waals surface area contributed by atoms with E-state index in [1.165, 1.54) is 0 Å². The number of para-hydroxylation sites is 1. The van der Waals surface area contributed by atoms with Crippen LogP contribution in [0.1, 0.15) is 0 Å². The molecule has 0 heterocycles. The fourth-order valence-electron chi connectivity index (χ4n) is 2.17. The van der Waals surface area contributed by atoms with Crippen molar-refractivity contribution in [3.63, 3.8) is 0 Å². The highest BCUT2D eigenvalue weighted by molar-refractivity contribution is 5.62. The molecule has 110 valence electrons. The highest BCUT2D eigenvalue weighted by Gasteiger charge is 2.02. The van der Waals surface area contributed by atoms with Gasteiger partial charge in [-0.2, -0.15) is 0 Å². The van der Waals surface area contributed by atoms with Gasteiger partial charge in [0.25, 0.3) is 0 Å². The van der Waals surface area contributed by atoms with Gasteiger partial charge < -0.3 is 21.5 Å². The number of hydrogen-bond donors (Lipinski definition) is 3. The lowest BCUT2D eigenvalue weighted by Crippen LogP contribution is -1.93. The molecule has 0 radical (unpaired) electrons. The lowest BCUT2D eigenvalue weighted by atomic mass is 10.2. The van der Waals surface area contributed by atoms with E-state index in [1.54, 1.807) is 18.2 Å². The van der Waals surface area contributed by atoms with Crippen LogP contribution in [0.2, 0.25) is 0 Å². The number of rotatable bonds is 4. The van der Waals surface area contributed by atoms with Crippen LogP contribution in [-0.2, 0) is 0 Å². The Morgan fingerprint density at radius 1 is 0.636 bits per heavy atom. The standard InChI is InChI=1S/C18H17N3O/c19-13-9-14(20)11-18(10-13)22-17-8-4-7-16(12-17)21-15-5-2-1-3-6-15/h1-12,21H,19-20H2. The monoisotopic (exact) mass is 291 g/mol. The molecular formula is C18H17N3O. The highest BCUT2D eigenvalue weighted by Crippen LogP contribution is 2.28. The van der Waals surface area contributed by atoms with Gasteiger partial charge in [-0.1, -0.05) is 24.3 Å². The molecule has 0 bridgehead atoms. The van der Waals surface area contributed by atoms with Crippen LogP contribution < -0.4 is 21.5 Å². The number of benzene rings is 3. The third-order valence-electron chi connectivity index (χ3n) is 3.08. The van der Waals surface area contributed by atoms with Gasteiger partial charge in [0.15, 0.2) is 0 Å². The number of nitrogen functional groups attached to an aromatic ring is 2. The van der Waals surface area contributed by atoms with E-state index in [4.69, 9.17) is 16.2 Å². The van der Waals surface area contributed by atoms with E-state index in [2.05, 4.69) is 5.32 Å². The Bertz CT molecular complexity index is 752. The summed E-state index contributed by atoms with van der Waals surface area (Å²) in [7, 11) is 0. The molecule has 0 unspecified atom stereocenters. The topological polar surface area (TPSA) is 73.3 Å². The smallest absolute Gasteiger partial charge is 0.131 e. The van der Waals surface area contributed by atoms with Crippen molar-refractivity contribution in [1.82, 2.24) is 0 Å². The van der Waals surface area contributed by atoms with Crippen molar-refractivity contribution < 1.29 is 4.74 Å². The molecule has 4 heteroatoms. The van der Waals surface area contributed by atoms with Crippen molar-refractivity contribution in [2.24, 2.45) is 0 Å². The third kappa shape index (κ3) is 3.49. The average molecular weight is 291 g/mol. The molecule has 0 atom stereocenters. The number of hydrogen-bond acceptors (Lipinski definition) is 4. The van der Waals surface area contributed by atoms with Crippen molar-refractivity contribution in [2.45, 2.75) is 0 Å². The molecule has 3 aromatic rings. The number of ether oxygens (including phenoxy) is 1. The second-order valence-electron chi connectivity index (χ2n) is 4.96. The summed E-state index contributed by atoms with van der Waals surface area (Å²) < 4.78 is 5.82. The Labute approximate surface area is 129 Å². The zero-order valence-corrected chi connectivity index (χ0v) is 12.0. The lowest BCUT2D eigenvalue weighted by molar-refractivity contribution is 0.483. The van der Waals surface area contributed by atoms with Crippen LogP contribution in [0, 0.1) is 0 Å². The van der Waals surface area contributed by atoms with Crippen molar-refractivity contribution in [2.75, 3.05) is 16.8 Å². The molecule has 0 aliphatic rings. The second-order valence-corrected chi connectivity index (χ2v) is 4.96. The average Bonchev–Trinajstić information content (AvgIpc) is 2.47. The fourth-order valence-corrected chi connectivity index (χ4v) is 2.17. The number of nitrogens with two attached hydrogens (primary N) is 2. The molecule has 0 saturated carbocycles. The van der Waals surface area contributed by atoms with Crippen molar-refractivity contribution in [3.8, 4) is 11.5 Å². The van der Waals surface area contributed by atoms with E-state index in [9.17, 15) is 0 Å². The second kappa shape index (κ2) is 6.10. The first kappa shape index (κ1) is 13.8. The van der Waals surface area contributed by atoms with E-state index < -0.39 is 0 Å². The Hall–Kier alpha value is -3.14. The van der Waals surface area contributed by atoms with Gasteiger partial charge in [-0.15, -0.1) is 0 Å². The first-order valence-electron chi connectivity index (χ1n) is 6.95. The Balaban J connectivity index is 1.79. The summed E-state index contributed by atoms with van der Waals surface area (Å²) in [5, 5.41) is 3.32. The number of anilines is 4. The number of nitrogens with one attached hydrogen (secondary N) is 1. The lowest BCUT2D eigenvalue weighted by Gasteiger charge is -2.10. The molecule has 3 rings (SSSR count).